The molecule has 0 aromatic heterocycles. The van der Waals surface area contributed by atoms with Crippen LogP contribution in [0.25, 0.3) is 33.3 Å². The molecule has 3 aliphatic heterocycles. The topological polar surface area (TPSA) is 213 Å². The molecule has 0 fully saturated rings. The van der Waals surface area contributed by atoms with Crippen molar-refractivity contribution in [2.24, 2.45) is 17.8 Å². The molecular formula is C43H48N2O13. The average molecular weight is 801 g/mol. The summed E-state index contributed by atoms with van der Waals surface area (Å²) in [5.74, 6) is -6.03. The average Bonchev–Trinajstić information content (AvgIpc) is 3.45. The first-order valence-corrected chi connectivity index (χ1v) is 18.9. The van der Waals surface area contributed by atoms with Gasteiger partial charge in [0, 0.05) is 67.7 Å². The Labute approximate surface area is 334 Å². The number of hydrogen-bond acceptors (Lipinski definition) is 14. The number of esters is 1. The third-order valence-electron chi connectivity index (χ3n) is 11.1. The molecule has 4 aliphatic rings. The van der Waals surface area contributed by atoms with E-state index >= 15 is 0 Å². The quantitative estimate of drug-likeness (QED) is 0.111. The van der Waals surface area contributed by atoms with Crippen molar-refractivity contribution in [2.45, 2.75) is 85.1 Å². The zero-order chi connectivity index (χ0) is 42.4. The first-order chi connectivity index (χ1) is 27.4. The molecule has 15 heteroatoms. The molecule has 4 N–H and O–H groups in total. The van der Waals surface area contributed by atoms with Crippen LogP contribution in [0.3, 0.4) is 0 Å². The van der Waals surface area contributed by atoms with Gasteiger partial charge in [-0.15, -0.1) is 0 Å². The minimum Gasteiger partial charge on any atom is -0.507 e. The Morgan fingerprint density at radius 1 is 1.02 bits per heavy atom. The predicted molar refractivity (Wildman–Crippen MR) is 213 cm³/mol. The van der Waals surface area contributed by atoms with E-state index in [2.05, 4.69) is 5.32 Å². The number of anilines is 1. The van der Waals surface area contributed by atoms with Gasteiger partial charge in [0.25, 0.3) is 11.7 Å². The molecule has 2 aromatic rings. The second-order valence-electron chi connectivity index (χ2n) is 15.1. The highest BCUT2D eigenvalue weighted by Crippen LogP contribution is 2.50. The summed E-state index contributed by atoms with van der Waals surface area (Å²) in [5.41, 5.74) is -0.580. The molecule has 0 radical (unpaired) electrons. The number of methoxy groups -OCH3 is 2. The zero-order valence-corrected chi connectivity index (χ0v) is 33.7. The fourth-order valence-electron chi connectivity index (χ4n) is 7.47. The van der Waals surface area contributed by atoms with Crippen LogP contribution in [0.4, 0.5) is 5.69 Å². The van der Waals surface area contributed by atoms with Gasteiger partial charge in [0.1, 0.15) is 40.3 Å². The normalized spacial score (nSPS) is 29.1. The number of aliphatic hydroxyl groups is 2. The van der Waals surface area contributed by atoms with Crippen LogP contribution in [0, 0.1) is 24.7 Å². The van der Waals surface area contributed by atoms with Crippen molar-refractivity contribution in [3.05, 3.63) is 75.7 Å². The van der Waals surface area contributed by atoms with Gasteiger partial charge in [-0.2, -0.15) is 0 Å². The monoisotopic (exact) mass is 800 g/mol. The number of nitrogens with one attached hydrogen (secondary N) is 1. The predicted octanol–water partition coefficient (Wildman–Crippen LogP) is 5.71. The summed E-state index contributed by atoms with van der Waals surface area (Å²) in [6, 6.07) is 4.80. The SMILES string of the molecule is COc1ccc2oc3c4c(=O)c5c(O)c(C)c6c(c5c-3nc2c1)C(=O)[C@@](C)(O/C=C/[C@H](OC)[C@@H](C)[C@@H](OC(C)=O)[C@H](C)[C@H](O)C[C@@H](O)[C@@H](C)/C=C/C=C(/C)C(=O)N4)O6. The van der Waals surface area contributed by atoms with Crippen LogP contribution in [0.5, 0.6) is 17.2 Å². The van der Waals surface area contributed by atoms with Gasteiger partial charge in [0.15, 0.2) is 11.3 Å². The highest BCUT2D eigenvalue weighted by molar-refractivity contribution is 6.22. The van der Waals surface area contributed by atoms with E-state index in [1.54, 1.807) is 51.1 Å². The minimum atomic E-state index is -2.03. The van der Waals surface area contributed by atoms with Crippen LogP contribution >= 0.6 is 0 Å². The van der Waals surface area contributed by atoms with Crippen molar-refractivity contribution in [1.82, 2.24) is 4.98 Å². The second-order valence-corrected chi connectivity index (χ2v) is 15.1. The molecule has 0 unspecified atom stereocenters. The summed E-state index contributed by atoms with van der Waals surface area (Å²) in [4.78, 5) is 59.9. The van der Waals surface area contributed by atoms with E-state index < -0.39 is 76.8 Å². The Morgan fingerprint density at radius 3 is 2.41 bits per heavy atom. The Bertz CT molecular complexity index is 2420. The maximum Gasteiger partial charge on any atom is 0.312 e. The van der Waals surface area contributed by atoms with Crippen molar-refractivity contribution in [3.8, 4) is 28.7 Å². The number of aromatic hydroxyl groups is 1. The van der Waals surface area contributed by atoms with Crippen molar-refractivity contribution >= 4 is 45.2 Å². The molecule has 8 atom stereocenters. The van der Waals surface area contributed by atoms with Gasteiger partial charge in [-0.3, -0.25) is 19.2 Å². The van der Waals surface area contributed by atoms with Crippen molar-refractivity contribution in [1.29, 1.82) is 0 Å². The largest absolute Gasteiger partial charge is 0.507 e. The van der Waals surface area contributed by atoms with Gasteiger partial charge < -0.3 is 48.7 Å². The highest BCUT2D eigenvalue weighted by atomic mass is 16.7. The molecule has 0 saturated carbocycles. The number of nitrogens with zero attached hydrogens (tertiary/aromatic N) is 1. The van der Waals surface area contributed by atoms with Crippen LogP contribution in [-0.2, 0) is 23.8 Å². The van der Waals surface area contributed by atoms with Crippen LogP contribution in [-0.4, -0.2) is 82.4 Å². The van der Waals surface area contributed by atoms with E-state index in [9.17, 15) is 34.5 Å². The molecule has 308 valence electrons. The standard InChI is InChI=1S/C43H48N2O13/c1-19-11-10-12-20(2)42(52)45-35-37(50)32-31(34-40(35)57-30-14-13-25(53-8)17-26(30)44-34)33-39(23(5)36(32)49)58-43(7,41(33)51)55-16-15-29(54-9)22(4)38(56-24(6)46)21(3)28(48)18-27(19)47/h10-17,19,21-22,27-29,38,47-49H,18H2,1-9H3,(H,45,52)/b11-10+,16-15+,20-12-/t19-,21+,22+,27+,28+,29-,38-,43-/m0/s1. The number of ether oxygens (including phenoxy) is 5. The molecule has 2 aromatic carbocycles. The molecular weight excluding hydrogens is 752 g/mol. The molecule has 6 rings (SSSR count). The molecule has 1 amide bonds. The summed E-state index contributed by atoms with van der Waals surface area (Å²) >= 11 is 0. The number of rotatable bonds is 3. The molecule has 15 nitrogen and oxygen atoms in total. The lowest BCUT2D eigenvalue weighted by atomic mass is 9.83. The van der Waals surface area contributed by atoms with E-state index in [1.165, 1.54) is 60.3 Å². The summed E-state index contributed by atoms with van der Waals surface area (Å²) < 4.78 is 35.3. The van der Waals surface area contributed by atoms with Crippen LogP contribution in [0.2, 0.25) is 0 Å². The number of aliphatic hydroxyl groups excluding tert-OH is 2. The number of carbonyl (C=O) groups excluding carboxylic acids is 3. The number of hydrogen-bond donors (Lipinski definition) is 4. The second kappa shape index (κ2) is 16.2. The number of aromatic nitrogens is 1. The van der Waals surface area contributed by atoms with Crippen LogP contribution < -0.4 is 20.2 Å². The lowest BCUT2D eigenvalue weighted by Crippen LogP contribution is -2.43. The third kappa shape index (κ3) is 7.52. The number of amides is 1. The van der Waals surface area contributed by atoms with Gasteiger partial charge in [-0.05, 0) is 32.1 Å². The van der Waals surface area contributed by atoms with Gasteiger partial charge >= 0.3 is 11.8 Å². The Morgan fingerprint density at radius 2 is 1.74 bits per heavy atom. The van der Waals surface area contributed by atoms with E-state index in [4.69, 9.17) is 33.1 Å². The smallest absolute Gasteiger partial charge is 0.312 e. The van der Waals surface area contributed by atoms with Gasteiger partial charge in [-0.25, -0.2) is 4.98 Å². The first-order valence-electron chi connectivity index (χ1n) is 18.9. The summed E-state index contributed by atoms with van der Waals surface area (Å²) in [5, 5.41) is 36.3. The van der Waals surface area contributed by atoms with Gasteiger partial charge in [-0.1, -0.05) is 39.0 Å². The maximum absolute atomic E-state index is 14.6. The molecule has 4 bridgehead atoms. The maximum atomic E-state index is 14.6. The Kier molecular flexibility index (Phi) is 11.7. The van der Waals surface area contributed by atoms with E-state index in [1.807, 2.05) is 0 Å². The summed E-state index contributed by atoms with van der Waals surface area (Å²) in [6.45, 7) is 10.8. The molecule has 3 heterocycles. The molecule has 58 heavy (non-hydrogen) atoms. The number of allylic oxidation sites excluding steroid dienone is 2. The number of Topliss-reactive ketones (excluding diaryl/α,β-unsaturated/α-hetero) is 1. The van der Waals surface area contributed by atoms with E-state index in [-0.39, 0.29) is 67.9 Å². The van der Waals surface area contributed by atoms with Gasteiger partial charge in [0.2, 0.25) is 5.43 Å². The van der Waals surface area contributed by atoms with Crippen LogP contribution in [0.1, 0.15) is 63.9 Å². The van der Waals surface area contributed by atoms with Crippen molar-refractivity contribution in [3.63, 3.8) is 0 Å². The fourth-order valence-corrected chi connectivity index (χ4v) is 7.47. The highest BCUT2D eigenvalue weighted by Gasteiger charge is 2.50. The first kappa shape index (κ1) is 41.9. The van der Waals surface area contributed by atoms with Gasteiger partial charge in [0.05, 0.1) is 42.6 Å². The lowest BCUT2D eigenvalue weighted by molar-refractivity contribution is -0.158. The molecule has 1 aliphatic carbocycles. The van der Waals surface area contributed by atoms with Crippen molar-refractivity contribution < 1.29 is 57.8 Å². The number of carbonyl (C=O) groups is 3. The van der Waals surface area contributed by atoms with Crippen molar-refractivity contribution in [2.75, 3.05) is 19.5 Å². The summed E-state index contributed by atoms with van der Waals surface area (Å²) in [6.07, 6.45) is 3.57. The Balaban J connectivity index is 1.58. The molecule has 0 saturated heterocycles. The third-order valence-corrected chi connectivity index (χ3v) is 11.1. The van der Waals surface area contributed by atoms with Crippen LogP contribution in [0.15, 0.2) is 63.6 Å². The Hall–Kier alpha value is -5.77. The fraction of sp³-hybridized carbons (Fsp3) is 0.419. The molecule has 0 spiro atoms. The number of benzene rings is 3. The lowest BCUT2D eigenvalue weighted by Gasteiger charge is -2.35. The van der Waals surface area contributed by atoms with E-state index in [0.717, 1.165) is 0 Å². The van der Waals surface area contributed by atoms with E-state index in [0.29, 0.717) is 5.75 Å². The number of fused-ring (bicyclic) bond motifs is 2. The zero-order valence-electron chi connectivity index (χ0n) is 33.7. The summed E-state index contributed by atoms with van der Waals surface area (Å²) in [7, 11) is 2.92. The number of phenols is 1. The number of ketones is 1. The minimum absolute atomic E-state index is 0.0335. The number of phenolic OH excluding ortho intramolecular Hbond substituents is 1.